The molecule has 0 atom stereocenters. The number of aromatic nitrogens is 3. The molecular weight excluding hydrogens is 252 g/mol. The van der Waals surface area contributed by atoms with Crippen molar-refractivity contribution in [1.82, 2.24) is 14.8 Å². The summed E-state index contributed by atoms with van der Waals surface area (Å²) in [4.78, 5) is 10.1. The number of nitrogens with zero attached hydrogens (tertiary/aromatic N) is 4. The summed E-state index contributed by atoms with van der Waals surface area (Å²) in [6.45, 7) is -0.170. The number of hydrogen-bond acceptors (Lipinski definition) is 6. The van der Waals surface area contributed by atoms with Crippen LogP contribution in [-0.4, -0.2) is 24.8 Å². The van der Waals surface area contributed by atoms with Crippen LogP contribution < -0.4 is 4.74 Å². The largest absolute Gasteiger partial charge is 0.485 e. The second kappa shape index (κ2) is 5.44. The molecule has 19 heavy (non-hydrogen) atoms. The molecule has 1 heterocycles. The van der Waals surface area contributed by atoms with E-state index in [1.165, 1.54) is 18.2 Å². The van der Waals surface area contributed by atoms with Gasteiger partial charge in [-0.2, -0.15) is 0 Å². The van der Waals surface area contributed by atoms with E-state index in [0.717, 1.165) is 0 Å². The predicted octanol–water partition coefficient (Wildman–Crippen LogP) is 0.795. The summed E-state index contributed by atoms with van der Waals surface area (Å²) in [6, 6.07) is 4.07. The number of benzene rings is 1. The van der Waals surface area contributed by atoms with Crippen LogP contribution >= 0.6 is 0 Å². The third-order valence-electron chi connectivity index (χ3n) is 2.59. The highest BCUT2D eigenvalue weighted by molar-refractivity contribution is 5.43. The number of non-ortho nitro benzene ring substituents is 1. The van der Waals surface area contributed by atoms with Crippen molar-refractivity contribution >= 4 is 5.69 Å². The molecule has 1 N–H and O–H groups in total. The number of nitro groups is 1. The Balaban J connectivity index is 2.16. The Morgan fingerprint density at radius 1 is 1.53 bits per heavy atom. The highest BCUT2D eigenvalue weighted by Crippen LogP contribution is 2.24. The quantitative estimate of drug-likeness (QED) is 0.632. The summed E-state index contributed by atoms with van der Waals surface area (Å²) in [5.74, 6) is 0.998. The number of aliphatic hydroxyl groups excluding tert-OH is 1. The van der Waals surface area contributed by atoms with Crippen molar-refractivity contribution in [2.24, 2.45) is 7.05 Å². The molecular formula is C11H12N4O4. The molecule has 1 aromatic carbocycles. The maximum absolute atomic E-state index is 10.6. The van der Waals surface area contributed by atoms with Crippen LogP contribution in [0.15, 0.2) is 24.5 Å². The molecule has 0 bridgehead atoms. The van der Waals surface area contributed by atoms with Crippen LogP contribution in [0.1, 0.15) is 11.4 Å². The van der Waals surface area contributed by atoms with E-state index in [9.17, 15) is 15.2 Å². The van der Waals surface area contributed by atoms with Crippen LogP contribution in [0.25, 0.3) is 0 Å². The zero-order valence-electron chi connectivity index (χ0n) is 10.2. The fourth-order valence-electron chi connectivity index (χ4n) is 1.52. The number of ether oxygens (including phenoxy) is 1. The molecule has 0 aliphatic carbocycles. The zero-order chi connectivity index (χ0) is 13.8. The van der Waals surface area contributed by atoms with E-state index in [2.05, 4.69) is 10.2 Å². The van der Waals surface area contributed by atoms with Crippen LogP contribution in [0.5, 0.6) is 5.75 Å². The van der Waals surface area contributed by atoms with Gasteiger partial charge in [-0.25, -0.2) is 0 Å². The number of rotatable bonds is 5. The Morgan fingerprint density at radius 2 is 2.32 bits per heavy atom. The Hall–Kier alpha value is -2.48. The first-order chi connectivity index (χ1) is 9.11. The van der Waals surface area contributed by atoms with Crippen molar-refractivity contribution < 1.29 is 14.8 Å². The minimum absolute atomic E-state index is 0.0879. The summed E-state index contributed by atoms with van der Waals surface area (Å²) in [5, 5.41) is 27.4. The summed E-state index contributed by atoms with van der Waals surface area (Å²) in [7, 11) is 1.78. The van der Waals surface area contributed by atoms with Gasteiger partial charge in [0.1, 0.15) is 18.7 Å². The van der Waals surface area contributed by atoms with Crippen molar-refractivity contribution in [2.75, 3.05) is 0 Å². The standard InChI is InChI=1S/C11H12N4O4/c1-14-7-12-13-11(14)6-19-10-3-2-9(15(17)18)4-8(10)5-16/h2-4,7,16H,5-6H2,1H3. The van der Waals surface area contributed by atoms with E-state index in [1.807, 2.05) is 0 Å². The van der Waals surface area contributed by atoms with E-state index in [0.29, 0.717) is 17.1 Å². The minimum atomic E-state index is -0.522. The van der Waals surface area contributed by atoms with Gasteiger partial charge in [0, 0.05) is 24.7 Å². The third kappa shape index (κ3) is 2.86. The second-order valence-corrected chi connectivity index (χ2v) is 3.85. The Labute approximate surface area is 108 Å². The minimum Gasteiger partial charge on any atom is -0.485 e. The molecule has 100 valence electrons. The van der Waals surface area contributed by atoms with Crippen LogP contribution in [0.2, 0.25) is 0 Å². The zero-order valence-corrected chi connectivity index (χ0v) is 10.2. The summed E-state index contributed by atoms with van der Waals surface area (Å²) < 4.78 is 7.18. The van der Waals surface area contributed by atoms with Gasteiger partial charge >= 0.3 is 0 Å². The van der Waals surface area contributed by atoms with Crippen LogP contribution in [0.3, 0.4) is 0 Å². The number of nitro benzene ring substituents is 1. The van der Waals surface area contributed by atoms with E-state index in [4.69, 9.17) is 4.74 Å². The fourth-order valence-corrected chi connectivity index (χ4v) is 1.52. The van der Waals surface area contributed by atoms with Gasteiger partial charge in [-0.3, -0.25) is 10.1 Å². The van der Waals surface area contributed by atoms with Crippen LogP contribution in [0.4, 0.5) is 5.69 Å². The average Bonchev–Trinajstić information content (AvgIpc) is 2.81. The molecule has 0 aliphatic heterocycles. The molecule has 0 amide bonds. The topological polar surface area (TPSA) is 103 Å². The molecule has 0 fully saturated rings. The van der Waals surface area contributed by atoms with Gasteiger partial charge in [-0.15, -0.1) is 10.2 Å². The summed E-state index contributed by atoms with van der Waals surface area (Å²) in [5.41, 5.74) is 0.270. The average molecular weight is 264 g/mol. The van der Waals surface area contributed by atoms with Crippen molar-refractivity contribution in [1.29, 1.82) is 0 Å². The van der Waals surface area contributed by atoms with Gasteiger partial charge < -0.3 is 14.4 Å². The number of hydrogen-bond donors (Lipinski definition) is 1. The van der Waals surface area contributed by atoms with Crippen molar-refractivity contribution in [3.63, 3.8) is 0 Å². The van der Waals surface area contributed by atoms with Crippen molar-refractivity contribution in [2.45, 2.75) is 13.2 Å². The van der Waals surface area contributed by atoms with Gasteiger partial charge in [0.2, 0.25) is 0 Å². The lowest BCUT2D eigenvalue weighted by Crippen LogP contribution is -2.05. The first kappa shape index (κ1) is 13.0. The number of aliphatic hydroxyl groups is 1. The molecule has 0 unspecified atom stereocenters. The fraction of sp³-hybridized carbons (Fsp3) is 0.273. The first-order valence-corrected chi connectivity index (χ1v) is 5.45. The number of aryl methyl sites for hydroxylation is 1. The molecule has 0 aliphatic rings. The van der Waals surface area contributed by atoms with E-state index < -0.39 is 4.92 Å². The Morgan fingerprint density at radius 3 is 2.89 bits per heavy atom. The Bertz CT molecular complexity index is 596. The molecule has 0 saturated carbocycles. The van der Waals surface area contributed by atoms with Gasteiger partial charge in [-0.05, 0) is 6.07 Å². The first-order valence-electron chi connectivity index (χ1n) is 5.45. The molecule has 0 spiro atoms. The molecule has 8 nitrogen and oxygen atoms in total. The molecule has 0 radical (unpaired) electrons. The maximum atomic E-state index is 10.6. The van der Waals surface area contributed by atoms with E-state index in [1.54, 1.807) is 17.9 Å². The van der Waals surface area contributed by atoms with Gasteiger partial charge in [0.05, 0.1) is 11.5 Å². The molecule has 2 rings (SSSR count). The van der Waals surface area contributed by atoms with Gasteiger partial charge in [-0.1, -0.05) is 0 Å². The third-order valence-corrected chi connectivity index (χ3v) is 2.59. The van der Waals surface area contributed by atoms with E-state index in [-0.39, 0.29) is 18.9 Å². The normalized spacial score (nSPS) is 10.4. The summed E-state index contributed by atoms with van der Waals surface area (Å²) >= 11 is 0. The highest BCUT2D eigenvalue weighted by atomic mass is 16.6. The predicted molar refractivity (Wildman–Crippen MR) is 64.4 cm³/mol. The molecule has 1 aromatic heterocycles. The molecule has 0 saturated heterocycles. The van der Waals surface area contributed by atoms with Gasteiger partial charge in [0.25, 0.3) is 5.69 Å². The lowest BCUT2D eigenvalue weighted by atomic mass is 10.2. The summed E-state index contributed by atoms with van der Waals surface area (Å²) in [6.07, 6.45) is 1.54. The van der Waals surface area contributed by atoms with Crippen LogP contribution in [-0.2, 0) is 20.3 Å². The monoisotopic (exact) mass is 264 g/mol. The van der Waals surface area contributed by atoms with Crippen molar-refractivity contribution in [3.8, 4) is 5.75 Å². The van der Waals surface area contributed by atoms with E-state index >= 15 is 0 Å². The van der Waals surface area contributed by atoms with Crippen molar-refractivity contribution in [3.05, 3.63) is 46.0 Å². The SMILES string of the molecule is Cn1cnnc1COc1ccc([N+](=O)[O-])cc1CO. The molecule has 2 aromatic rings. The van der Waals surface area contributed by atoms with Gasteiger partial charge in [0.15, 0.2) is 5.82 Å². The highest BCUT2D eigenvalue weighted by Gasteiger charge is 2.12. The smallest absolute Gasteiger partial charge is 0.270 e. The lowest BCUT2D eigenvalue weighted by Gasteiger charge is -2.09. The Kier molecular flexibility index (Phi) is 3.71. The second-order valence-electron chi connectivity index (χ2n) is 3.85. The lowest BCUT2D eigenvalue weighted by molar-refractivity contribution is -0.385. The maximum Gasteiger partial charge on any atom is 0.270 e. The molecule has 8 heteroatoms. The van der Waals surface area contributed by atoms with Crippen LogP contribution in [0, 0.1) is 10.1 Å².